The summed E-state index contributed by atoms with van der Waals surface area (Å²) in [6.45, 7) is 2.47. The van der Waals surface area contributed by atoms with Crippen LogP contribution < -0.4 is 10.9 Å². The summed E-state index contributed by atoms with van der Waals surface area (Å²) >= 11 is 0. The highest BCUT2D eigenvalue weighted by molar-refractivity contribution is 5.97. The van der Waals surface area contributed by atoms with E-state index in [2.05, 4.69) is 5.32 Å². The summed E-state index contributed by atoms with van der Waals surface area (Å²) in [5.74, 6) is -0.115. The van der Waals surface area contributed by atoms with Gasteiger partial charge < -0.3 is 14.6 Å². The Morgan fingerprint density at radius 3 is 2.64 bits per heavy atom. The van der Waals surface area contributed by atoms with E-state index in [9.17, 15) is 14.4 Å². The molecule has 0 saturated carbocycles. The van der Waals surface area contributed by atoms with Gasteiger partial charge in [0.2, 0.25) is 5.91 Å². The minimum atomic E-state index is -0.640. The van der Waals surface area contributed by atoms with Gasteiger partial charge in [0.1, 0.15) is 11.3 Å². The maximum Gasteiger partial charge on any atom is 0.349 e. The highest BCUT2D eigenvalue weighted by Crippen LogP contribution is 2.13. The molecule has 0 unspecified atom stereocenters. The normalized spacial score (nSPS) is 14.3. The predicted molar refractivity (Wildman–Crippen MR) is 92.5 cm³/mol. The molecule has 3 rings (SSSR count). The van der Waals surface area contributed by atoms with E-state index in [0.717, 1.165) is 12.0 Å². The van der Waals surface area contributed by atoms with Crippen LogP contribution in [-0.2, 0) is 17.6 Å². The van der Waals surface area contributed by atoms with E-state index in [-0.39, 0.29) is 18.0 Å². The van der Waals surface area contributed by atoms with E-state index < -0.39 is 11.5 Å². The van der Waals surface area contributed by atoms with Crippen LogP contribution in [-0.4, -0.2) is 36.3 Å². The lowest BCUT2D eigenvalue weighted by atomic mass is 10.1. The number of amides is 2. The second kappa shape index (κ2) is 7.34. The Hall–Kier alpha value is -2.89. The number of carbonyl (C=O) groups is 2. The van der Waals surface area contributed by atoms with Crippen molar-refractivity contribution in [1.29, 1.82) is 0 Å². The molecule has 2 aromatic rings. The van der Waals surface area contributed by atoms with Gasteiger partial charge in [0.15, 0.2) is 0 Å². The van der Waals surface area contributed by atoms with Gasteiger partial charge >= 0.3 is 5.63 Å². The largest absolute Gasteiger partial charge is 0.427 e. The van der Waals surface area contributed by atoms with E-state index in [1.54, 1.807) is 13.0 Å². The first-order chi connectivity index (χ1) is 12.0. The molecule has 1 aromatic carbocycles. The number of benzene rings is 1. The van der Waals surface area contributed by atoms with Crippen molar-refractivity contribution in [2.75, 3.05) is 19.6 Å². The third-order valence-electron chi connectivity index (χ3n) is 4.24. The maximum atomic E-state index is 12.6. The van der Waals surface area contributed by atoms with Crippen molar-refractivity contribution in [3.63, 3.8) is 0 Å². The van der Waals surface area contributed by atoms with Crippen molar-refractivity contribution in [1.82, 2.24) is 10.2 Å². The van der Waals surface area contributed by atoms with Crippen molar-refractivity contribution in [3.8, 4) is 0 Å². The summed E-state index contributed by atoms with van der Waals surface area (Å²) in [5, 5.41) is 2.65. The second-order valence-corrected chi connectivity index (χ2v) is 6.12. The highest BCUT2D eigenvalue weighted by Gasteiger charge is 2.26. The molecule has 0 radical (unpaired) electrons. The molecule has 1 N–H and O–H groups in total. The molecule has 6 heteroatoms. The average Bonchev–Trinajstić information content (AvgIpc) is 2.60. The molecule has 0 atom stereocenters. The molecular formula is C19H20N2O4. The van der Waals surface area contributed by atoms with Crippen LogP contribution in [0.25, 0.3) is 0 Å². The van der Waals surface area contributed by atoms with E-state index in [4.69, 9.17) is 4.42 Å². The van der Waals surface area contributed by atoms with E-state index >= 15 is 0 Å². The van der Waals surface area contributed by atoms with Crippen LogP contribution in [0.15, 0.2) is 45.6 Å². The lowest BCUT2D eigenvalue weighted by molar-refractivity contribution is -0.123. The number of nitrogens with zero attached hydrogens (tertiary/aromatic N) is 1. The monoisotopic (exact) mass is 340 g/mol. The van der Waals surface area contributed by atoms with Gasteiger partial charge in [-0.2, -0.15) is 0 Å². The molecule has 6 nitrogen and oxygen atoms in total. The molecule has 2 heterocycles. The first-order valence-electron chi connectivity index (χ1n) is 8.28. The fourth-order valence-corrected chi connectivity index (χ4v) is 2.94. The van der Waals surface area contributed by atoms with Gasteiger partial charge in [-0.05, 0) is 30.5 Å². The number of piperazine rings is 1. The van der Waals surface area contributed by atoms with Crippen LogP contribution in [0.1, 0.15) is 27.2 Å². The van der Waals surface area contributed by atoms with Gasteiger partial charge in [-0.1, -0.05) is 30.3 Å². The summed E-state index contributed by atoms with van der Waals surface area (Å²) < 4.78 is 5.35. The number of hydrogen-bond donors (Lipinski definition) is 1. The number of carbonyl (C=O) groups excluding carboxylic acids is 2. The molecule has 1 aliphatic rings. The lowest BCUT2D eigenvalue weighted by Crippen LogP contribution is -2.50. The quantitative estimate of drug-likeness (QED) is 0.910. The standard InChI is InChI=1S/C19H20N2O4/c1-13-11-15(8-7-14-5-3-2-4-6-14)25-19(24)17(13)18(23)21-10-9-20-16(22)12-21/h2-6,11H,7-10,12H2,1H3,(H,20,22). The molecule has 2 amide bonds. The summed E-state index contributed by atoms with van der Waals surface area (Å²) in [7, 11) is 0. The van der Waals surface area contributed by atoms with Gasteiger partial charge in [0.05, 0.1) is 6.54 Å². The van der Waals surface area contributed by atoms with Crippen LogP contribution >= 0.6 is 0 Å². The smallest absolute Gasteiger partial charge is 0.349 e. The van der Waals surface area contributed by atoms with E-state index in [0.29, 0.717) is 30.8 Å². The van der Waals surface area contributed by atoms with E-state index in [1.165, 1.54) is 4.90 Å². The fraction of sp³-hybridized carbons (Fsp3) is 0.316. The SMILES string of the molecule is Cc1cc(CCc2ccccc2)oc(=O)c1C(=O)N1CCNC(=O)C1. The van der Waals surface area contributed by atoms with Gasteiger partial charge in [-0.3, -0.25) is 9.59 Å². The van der Waals surface area contributed by atoms with Gasteiger partial charge in [0.25, 0.3) is 5.91 Å². The molecule has 1 saturated heterocycles. The van der Waals surface area contributed by atoms with Gasteiger partial charge in [-0.25, -0.2) is 4.79 Å². The first-order valence-corrected chi connectivity index (χ1v) is 8.28. The Morgan fingerprint density at radius 1 is 1.20 bits per heavy atom. The molecule has 130 valence electrons. The van der Waals surface area contributed by atoms with E-state index in [1.807, 2.05) is 30.3 Å². The number of hydrogen-bond acceptors (Lipinski definition) is 4. The van der Waals surface area contributed by atoms with Crippen molar-refractivity contribution >= 4 is 11.8 Å². The fourth-order valence-electron chi connectivity index (χ4n) is 2.94. The molecule has 1 aliphatic heterocycles. The van der Waals surface area contributed by atoms with Crippen LogP contribution in [0, 0.1) is 6.92 Å². The maximum absolute atomic E-state index is 12.6. The Balaban J connectivity index is 1.77. The summed E-state index contributed by atoms with van der Waals surface area (Å²) in [6, 6.07) is 11.7. The first kappa shape index (κ1) is 17.0. The molecule has 1 aromatic heterocycles. The molecule has 0 spiro atoms. The zero-order valence-corrected chi connectivity index (χ0v) is 14.1. The van der Waals surface area contributed by atoms with Crippen LogP contribution in [0.4, 0.5) is 0 Å². The zero-order chi connectivity index (χ0) is 17.8. The van der Waals surface area contributed by atoms with Gasteiger partial charge in [-0.15, -0.1) is 0 Å². The van der Waals surface area contributed by atoms with Crippen molar-refractivity contribution in [2.24, 2.45) is 0 Å². The summed E-state index contributed by atoms with van der Waals surface area (Å²) in [6.07, 6.45) is 1.34. The molecular weight excluding hydrogens is 320 g/mol. The topological polar surface area (TPSA) is 79.6 Å². The van der Waals surface area contributed by atoms with Crippen LogP contribution in [0.5, 0.6) is 0 Å². The molecule has 0 bridgehead atoms. The molecule has 1 fully saturated rings. The lowest BCUT2D eigenvalue weighted by Gasteiger charge is -2.26. The second-order valence-electron chi connectivity index (χ2n) is 6.12. The van der Waals surface area contributed by atoms with Crippen LogP contribution in [0.2, 0.25) is 0 Å². The number of aryl methyl sites for hydroxylation is 3. The van der Waals surface area contributed by atoms with Crippen molar-refractivity contribution < 1.29 is 14.0 Å². The third kappa shape index (κ3) is 3.96. The summed E-state index contributed by atoms with van der Waals surface area (Å²) in [4.78, 5) is 37.7. The number of nitrogens with one attached hydrogen (secondary N) is 1. The third-order valence-corrected chi connectivity index (χ3v) is 4.24. The Morgan fingerprint density at radius 2 is 1.96 bits per heavy atom. The Kier molecular flexibility index (Phi) is 4.97. The predicted octanol–water partition coefficient (Wildman–Crippen LogP) is 1.31. The average molecular weight is 340 g/mol. The number of rotatable bonds is 4. The summed E-state index contributed by atoms with van der Waals surface area (Å²) in [5.41, 5.74) is 1.11. The minimum absolute atomic E-state index is 0.0122. The van der Waals surface area contributed by atoms with Crippen molar-refractivity contribution in [2.45, 2.75) is 19.8 Å². The Bertz CT molecular complexity index is 842. The zero-order valence-electron chi connectivity index (χ0n) is 14.1. The van der Waals surface area contributed by atoms with Gasteiger partial charge in [0, 0.05) is 19.5 Å². The van der Waals surface area contributed by atoms with Crippen LogP contribution in [0.3, 0.4) is 0 Å². The molecule has 0 aliphatic carbocycles. The molecule has 25 heavy (non-hydrogen) atoms. The highest BCUT2D eigenvalue weighted by atomic mass is 16.4. The Labute approximate surface area is 145 Å². The van der Waals surface area contributed by atoms with Crippen molar-refractivity contribution in [3.05, 3.63) is 69.3 Å². The minimum Gasteiger partial charge on any atom is -0.427 e.